The first kappa shape index (κ1) is 20.0. The molecule has 28 heavy (non-hydrogen) atoms. The van der Waals surface area contributed by atoms with Crippen LogP contribution in [0.3, 0.4) is 0 Å². The molecule has 0 aliphatic rings. The van der Waals surface area contributed by atoms with Crippen molar-refractivity contribution in [1.82, 2.24) is 14.7 Å². The normalized spacial score (nSPS) is 10.5. The Hall–Kier alpha value is -2.71. The molecule has 0 spiro atoms. The number of anilines is 1. The number of carbonyl (C=O) groups is 1. The summed E-state index contributed by atoms with van der Waals surface area (Å²) in [5.41, 5.74) is 2.58. The van der Waals surface area contributed by atoms with Crippen LogP contribution in [0.5, 0.6) is 0 Å². The first-order chi connectivity index (χ1) is 13.5. The standard InChI is InChI=1S/C20H22N4O2S2/c1-4-24-13-14(11-21-24)12-23(2)20(27)22-18-16(19(25)26-3)10-17(28-18)15-8-6-5-7-9-15/h5-11,13H,4,12H2,1-3H3,(H,22,27). The summed E-state index contributed by atoms with van der Waals surface area (Å²) in [6, 6.07) is 11.7. The first-order valence-corrected chi connectivity index (χ1v) is 10.0. The average Bonchev–Trinajstić information content (AvgIpc) is 3.35. The topological polar surface area (TPSA) is 59.4 Å². The van der Waals surface area contributed by atoms with Crippen molar-refractivity contribution in [3.8, 4) is 10.4 Å². The molecule has 0 fully saturated rings. The Morgan fingerprint density at radius 1 is 1.36 bits per heavy atom. The van der Waals surface area contributed by atoms with Crippen molar-refractivity contribution in [2.24, 2.45) is 0 Å². The molecule has 0 amide bonds. The van der Waals surface area contributed by atoms with Crippen molar-refractivity contribution < 1.29 is 9.53 Å². The Morgan fingerprint density at radius 2 is 2.11 bits per heavy atom. The second-order valence-corrected chi connectivity index (χ2v) is 7.64. The fraction of sp³-hybridized carbons (Fsp3) is 0.250. The molecule has 3 aromatic rings. The minimum atomic E-state index is -0.393. The van der Waals surface area contributed by atoms with Gasteiger partial charge in [-0.1, -0.05) is 30.3 Å². The van der Waals surface area contributed by atoms with Gasteiger partial charge >= 0.3 is 5.97 Å². The van der Waals surface area contributed by atoms with Gasteiger partial charge in [0.15, 0.2) is 5.11 Å². The molecule has 146 valence electrons. The van der Waals surface area contributed by atoms with Crippen LogP contribution >= 0.6 is 23.6 Å². The number of thiophene rings is 1. The van der Waals surface area contributed by atoms with Crippen molar-refractivity contribution >= 4 is 39.6 Å². The number of methoxy groups -OCH3 is 1. The number of nitrogens with zero attached hydrogens (tertiary/aromatic N) is 3. The SMILES string of the molecule is CCn1cc(CN(C)C(=S)Nc2sc(-c3ccccc3)cc2C(=O)OC)cn1. The van der Waals surface area contributed by atoms with Gasteiger partial charge in [0, 0.05) is 36.8 Å². The number of nitrogens with one attached hydrogen (secondary N) is 1. The predicted molar refractivity (Wildman–Crippen MR) is 117 cm³/mol. The maximum atomic E-state index is 12.2. The lowest BCUT2D eigenvalue weighted by atomic mass is 10.1. The zero-order chi connectivity index (χ0) is 20.1. The third-order valence-electron chi connectivity index (χ3n) is 4.19. The summed E-state index contributed by atoms with van der Waals surface area (Å²) in [7, 11) is 3.28. The van der Waals surface area contributed by atoms with E-state index in [1.165, 1.54) is 18.4 Å². The summed E-state index contributed by atoms with van der Waals surface area (Å²) >= 11 is 7.02. The smallest absolute Gasteiger partial charge is 0.340 e. The number of rotatable bonds is 6. The van der Waals surface area contributed by atoms with Crippen molar-refractivity contribution in [1.29, 1.82) is 0 Å². The third-order valence-corrected chi connectivity index (χ3v) is 5.71. The van der Waals surface area contributed by atoms with Crippen molar-refractivity contribution in [2.45, 2.75) is 20.0 Å². The second kappa shape index (κ2) is 8.99. The van der Waals surface area contributed by atoms with E-state index in [0.29, 0.717) is 22.2 Å². The van der Waals surface area contributed by atoms with Gasteiger partial charge in [-0.25, -0.2) is 4.79 Å². The van der Waals surface area contributed by atoms with Crippen LogP contribution in [0.1, 0.15) is 22.8 Å². The maximum Gasteiger partial charge on any atom is 0.340 e. The van der Waals surface area contributed by atoms with Gasteiger partial charge in [0.1, 0.15) is 5.00 Å². The van der Waals surface area contributed by atoms with E-state index in [2.05, 4.69) is 10.4 Å². The number of aryl methyl sites for hydroxylation is 1. The number of aromatic nitrogens is 2. The number of ether oxygens (including phenoxy) is 1. The van der Waals surface area contributed by atoms with E-state index in [-0.39, 0.29) is 0 Å². The molecule has 2 aromatic heterocycles. The Kier molecular flexibility index (Phi) is 6.43. The highest BCUT2D eigenvalue weighted by Crippen LogP contribution is 2.36. The van der Waals surface area contributed by atoms with Crippen molar-refractivity contribution in [3.63, 3.8) is 0 Å². The highest BCUT2D eigenvalue weighted by molar-refractivity contribution is 7.80. The summed E-state index contributed by atoms with van der Waals surface area (Å²) in [4.78, 5) is 15.1. The molecule has 2 heterocycles. The van der Waals surface area contributed by atoms with E-state index in [4.69, 9.17) is 17.0 Å². The lowest BCUT2D eigenvalue weighted by molar-refractivity contribution is 0.0602. The van der Waals surface area contributed by atoms with Gasteiger partial charge < -0.3 is 15.0 Å². The van der Waals surface area contributed by atoms with Crippen LogP contribution in [0.4, 0.5) is 5.00 Å². The van der Waals surface area contributed by atoms with Crippen LogP contribution in [0, 0.1) is 0 Å². The monoisotopic (exact) mass is 414 g/mol. The molecular weight excluding hydrogens is 392 g/mol. The van der Waals surface area contributed by atoms with Crippen LogP contribution in [-0.2, 0) is 17.8 Å². The van der Waals surface area contributed by atoms with Gasteiger partial charge in [0.2, 0.25) is 0 Å². The molecule has 0 aliphatic heterocycles. The van der Waals surface area contributed by atoms with E-state index in [0.717, 1.165) is 22.5 Å². The summed E-state index contributed by atoms with van der Waals surface area (Å²) in [5, 5.41) is 8.69. The zero-order valence-corrected chi connectivity index (χ0v) is 17.6. The Bertz CT molecular complexity index is 966. The molecular formula is C20H22N4O2S2. The first-order valence-electron chi connectivity index (χ1n) is 8.82. The summed E-state index contributed by atoms with van der Waals surface area (Å²) < 4.78 is 6.81. The molecule has 1 aromatic carbocycles. The van der Waals surface area contributed by atoms with E-state index < -0.39 is 5.97 Å². The molecule has 6 nitrogen and oxygen atoms in total. The van der Waals surface area contributed by atoms with Gasteiger partial charge in [-0.3, -0.25) is 4.68 Å². The van der Waals surface area contributed by atoms with Crippen LogP contribution < -0.4 is 5.32 Å². The minimum absolute atomic E-state index is 0.393. The number of esters is 1. The second-order valence-electron chi connectivity index (χ2n) is 6.20. The van der Waals surface area contributed by atoms with Crippen LogP contribution in [-0.4, -0.2) is 39.9 Å². The molecule has 1 N–H and O–H groups in total. The molecule has 0 saturated heterocycles. The van der Waals surface area contributed by atoms with Gasteiger partial charge in [-0.2, -0.15) is 5.10 Å². The van der Waals surface area contributed by atoms with Gasteiger partial charge in [-0.15, -0.1) is 11.3 Å². The molecule has 0 saturated carbocycles. The van der Waals surface area contributed by atoms with Gasteiger partial charge in [-0.05, 0) is 30.8 Å². The number of thiocarbonyl (C=S) groups is 1. The number of carbonyl (C=O) groups excluding carboxylic acids is 1. The lowest BCUT2D eigenvalue weighted by Crippen LogP contribution is -2.30. The summed E-state index contributed by atoms with van der Waals surface area (Å²) in [6.45, 7) is 3.49. The van der Waals surface area contributed by atoms with Crippen molar-refractivity contribution in [3.05, 3.63) is 59.9 Å². The minimum Gasteiger partial charge on any atom is -0.465 e. The molecule has 0 aliphatic carbocycles. The largest absolute Gasteiger partial charge is 0.465 e. The van der Waals surface area contributed by atoms with Crippen LogP contribution in [0.25, 0.3) is 10.4 Å². The number of hydrogen-bond donors (Lipinski definition) is 1. The summed E-state index contributed by atoms with van der Waals surface area (Å²) in [5.74, 6) is -0.393. The molecule has 0 bridgehead atoms. The Labute approximate surface area is 173 Å². The van der Waals surface area contributed by atoms with Crippen molar-refractivity contribution in [2.75, 3.05) is 19.5 Å². The van der Waals surface area contributed by atoms with Crippen LogP contribution in [0.2, 0.25) is 0 Å². The highest BCUT2D eigenvalue weighted by atomic mass is 32.1. The van der Waals surface area contributed by atoms with Gasteiger partial charge in [0.25, 0.3) is 0 Å². The Morgan fingerprint density at radius 3 is 2.75 bits per heavy atom. The highest BCUT2D eigenvalue weighted by Gasteiger charge is 2.19. The van der Waals surface area contributed by atoms with Gasteiger partial charge in [0.05, 0.1) is 18.9 Å². The summed E-state index contributed by atoms with van der Waals surface area (Å²) in [6.07, 6.45) is 3.83. The van der Waals surface area contributed by atoms with E-state index >= 15 is 0 Å². The lowest BCUT2D eigenvalue weighted by Gasteiger charge is -2.20. The quantitative estimate of drug-likeness (QED) is 0.481. The molecule has 0 radical (unpaired) electrons. The average molecular weight is 415 g/mol. The molecule has 3 rings (SSSR count). The fourth-order valence-electron chi connectivity index (χ4n) is 2.69. The molecule has 0 atom stereocenters. The maximum absolute atomic E-state index is 12.2. The van der Waals surface area contributed by atoms with E-state index in [1.807, 2.05) is 72.3 Å². The van der Waals surface area contributed by atoms with Crippen LogP contribution in [0.15, 0.2) is 48.8 Å². The van der Waals surface area contributed by atoms with E-state index in [9.17, 15) is 4.79 Å². The third kappa shape index (κ3) is 4.58. The number of hydrogen-bond acceptors (Lipinski definition) is 5. The fourth-order valence-corrected chi connectivity index (χ4v) is 3.97. The molecule has 8 heteroatoms. The zero-order valence-electron chi connectivity index (χ0n) is 16.0. The predicted octanol–water partition coefficient (Wildman–Crippen LogP) is 4.25. The molecule has 0 unspecified atom stereocenters. The van der Waals surface area contributed by atoms with E-state index in [1.54, 1.807) is 0 Å². The Balaban J connectivity index is 1.78. The number of benzene rings is 1.